The number of nitrogens with zero attached hydrogens (tertiary/aromatic N) is 2. The SMILES string of the molecule is CC1CCCN(c2ccc([N+](=O)[O-])c(/C=C/C(=O)O)c2)C1. The number of anilines is 1. The summed E-state index contributed by atoms with van der Waals surface area (Å²) >= 11 is 0. The molecule has 1 aromatic rings. The maximum atomic E-state index is 11.0. The molecule has 1 unspecified atom stereocenters. The first-order chi connectivity index (χ1) is 9.97. The Kier molecular flexibility index (Phi) is 4.57. The fourth-order valence-corrected chi connectivity index (χ4v) is 2.62. The van der Waals surface area contributed by atoms with Crippen LogP contribution in [-0.4, -0.2) is 29.1 Å². The first-order valence-electron chi connectivity index (χ1n) is 6.92. The molecule has 1 N–H and O–H groups in total. The number of carboxylic acids is 1. The third-order valence-corrected chi connectivity index (χ3v) is 3.64. The highest BCUT2D eigenvalue weighted by Crippen LogP contribution is 2.29. The van der Waals surface area contributed by atoms with Gasteiger partial charge in [0.2, 0.25) is 0 Å². The highest BCUT2D eigenvalue weighted by Gasteiger charge is 2.19. The summed E-state index contributed by atoms with van der Waals surface area (Å²) < 4.78 is 0. The average Bonchev–Trinajstić information content (AvgIpc) is 2.44. The van der Waals surface area contributed by atoms with E-state index in [1.807, 2.05) is 0 Å². The first kappa shape index (κ1) is 15.0. The van der Waals surface area contributed by atoms with Gasteiger partial charge >= 0.3 is 5.97 Å². The van der Waals surface area contributed by atoms with Gasteiger partial charge in [0.1, 0.15) is 0 Å². The molecule has 0 aromatic heterocycles. The number of piperidine rings is 1. The smallest absolute Gasteiger partial charge is 0.328 e. The van der Waals surface area contributed by atoms with Gasteiger partial charge in [-0.05, 0) is 37.0 Å². The van der Waals surface area contributed by atoms with Crippen LogP contribution in [0.2, 0.25) is 0 Å². The summed E-state index contributed by atoms with van der Waals surface area (Å²) in [6, 6.07) is 4.86. The zero-order chi connectivity index (χ0) is 15.4. The van der Waals surface area contributed by atoms with E-state index in [9.17, 15) is 14.9 Å². The molecule has 1 heterocycles. The number of rotatable bonds is 4. The van der Waals surface area contributed by atoms with Crippen LogP contribution < -0.4 is 4.90 Å². The van der Waals surface area contributed by atoms with Crippen molar-refractivity contribution < 1.29 is 14.8 Å². The molecule has 1 aromatic carbocycles. The van der Waals surface area contributed by atoms with Crippen molar-refractivity contribution >= 4 is 23.4 Å². The van der Waals surface area contributed by atoms with Crippen LogP contribution >= 0.6 is 0 Å². The number of carboxylic acid groups (broad SMARTS) is 1. The van der Waals surface area contributed by atoms with Crippen molar-refractivity contribution in [2.45, 2.75) is 19.8 Å². The number of nitro benzene ring substituents is 1. The molecule has 2 rings (SSSR count). The Labute approximate surface area is 122 Å². The highest BCUT2D eigenvalue weighted by molar-refractivity contribution is 5.86. The summed E-state index contributed by atoms with van der Waals surface area (Å²) in [6.07, 6.45) is 4.48. The van der Waals surface area contributed by atoms with Gasteiger partial charge < -0.3 is 10.0 Å². The van der Waals surface area contributed by atoms with Gasteiger partial charge in [0.15, 0.2) is 0 Å². The number of nitro groups is 1. The number of benzene rings is 1. The van der Waals surface area contributed by atoms with Gasteiger partial charge in [-0.15, -0.1) is 0 Å². The summed E-state index contributed by atoms with van der Waals surface area (Å²) in [6.45, 7) is 4.02. The lowest BCUT2D eigenvalue weighted by atomic mass is 9.99. The largest absolute Gasteiger partial charge is 0.478 e. The molecule has 1 aliphatic heterocycles. The summed E-state index contributed by atoms with van der Waals surface area (Å²) in [7, 11) is 0. The normalized spacial score (nSPS) is 18.9. The summed E-state index contributed by atoms with van der Waals surface area (Å²) in [5.41, 5.74) is 1.14. The Morgan fingerprint density at radius 1 is 1.52 bits per heavy atom. The van der Waals surface area contributed by atoms with Gasteiger partial charge in [-0.25, -0.2) is 4.79 Å². The van der Waals surface area contributed by atoms with Crippen molar-refractivity contribution in [3.05, 3.63) is 40.0 Å². The second-order valence-electron chi connectivity index (χ2n) is 5.37. The summed E-state index contributed by atoms with van der Waals surface area (Å²) in [5, 5.41) is 19.7. The molecule has 1 aliphatic rings. The van der Waals surface area contributed by atoms with Gasteiger partial charge in [0, 0.05) is 30.9 Å². The Morgan fingerprint density at radius 2 is 2.29 bits per heavy atom. The molecule has 0 amide bonds. The van der Waals surface area contributed by atoms with Crippen LogP contribution in [0.15, 0.2) is 24.3 Å². The standard InChI is InChI=1S/C15H18N2O4/c1-11-3-2-8-16(10-11)13-5-6-14(17(20)21)12(9-13)4-7-15(18)19/h4-7,9,11H,2-3,8,10H2,1H3,(H,18,19)/b7-4+. The van der Waals surface area contributed by atoms with Crippen molar-refractivity contribution in [1.82, 2.24) is 0 Å². The zero-order valence-electron chi connectivity index (χ0n) is 11.9. The minimum atomic E-state index is -1.12. The number of hydrogen-bond donors (Lipinski definition) is 1. The zero-order valence-corrected chi connectivity index (χ0v) is 11.9. The van der Waals surface area contributed by atoms with E-state index >= 15 is 0 Å². The van der Waals surface area contributed by atoms with Crippen LogP contribution in [0.1, 0.15) is 25.3 Å². The van der Waals surface area contributed by atoms with E-state index in [4.69, 9.17) is 5.11 Å². The third-order valence-electron chi connectivity index (χ3n) is 3.64. The fraction of sp³-hybridized carbons (Fsp3) is 0.400. The maximum absolute atomic E-state index is 11.0. The topological polar surface area (TPSA) is 83.7 Å². The molecular weight excluding hydrogens is 272 g/mol. The van der Waals surface area contributed by atoms with Crippen LogP contribution in [0.5, 0.6) is 0 Å². The molecule has 1 saturated heterocycles. The van der Waals surface area contributed by atoms with Gasteiger partial charge in [0.05, 0.1) is 10.5 Å². The lowest BCUT2D eigenvalue weighted by Crippen LogP contribution is -2.34. The number of carbonyl (C=O) groups is 1. The Balaban J connectivity index is 2.34. The predicted molar refractivity (Wildman–Crippen MR) is 80.4 cm³/mol. The molecule has 0 aliphatic carbocycles. The van der Waals surface area contributed by atoms with Gasteiger partial charge in [-0.2, -0.15) is 0 Å². The maximum Gasteiger partial charge on any atom is 0.328 e. The van der Waals surface area contributed by atoms with E-state index in [-0.39, 0.29) is 5.69 Å². The molecule has 0 spiro atoms. The molecule has 0 saturated carbocycles. The van der Waals surface area contributed by atoms with Crippen LogP contribution in [0.4, 0.5) is 11.4 Å². The van der Waals surface area contributed by atoms with E-state index in [0.717, 1.165) is 31.3 Å². The van der Waals surface area contributed by atoms with Gasteiger partial charge in [-0.1, -0.05) is 6.92 Å². The molecule has 112 valence electrons. The number of aliphatic carboxylic acids is 1. The molecule has 6 nitrogen and oxygen atoms in total. The molecule has 6 heteroatoms. The van der Waals surface area contributed by atoms with Crippen LogP contribution in [0, 0.1) is 16.0 Å². The lowest BCUT2D eigenvalue weighted by molar-refractivity contribution is -0.385. The second kappa shape index (κ2) is 6.39. The van der Waals surface area contributed by atoms with Crippen LogP contribution in [0.25, 0.3) is 6.08 Å². The van der Waals surface area contributed by atoms with Crippen molar-refractivity contribution in [3.8, 4) is 0 Å². The quantitative estimate of drug-likeness (QED) is 0.523. The number of hydrogen-bond acceptors (Lipinski definition) is 4. The first-order valence-corrected chi connectivity index (χ1v) is 6.92. The lowest BCUT2D eigenvalue weighted by Gasteiger charge is -2.32. The highest BCUT2D eigenvalue weighted by atomic mass is 16.6. The van der Waals surface area contributed by atoms with Gasteiger partial charge in [0.25, 0.3) is 5.69 Å². The van der Waals surface area contributed by atoms with Crippen molar-refractivity contribution in [3.63, 3.8) is 0 Å². The van der Waals surface area contributed by atoms with E-state index in [1.54, 1.807) is 12.1 Å². The Hall–Kier alpha value is -2.37. The summed E-state index contributed by atoms with van der Waals surface area (Å²) in [5.74, 6) is -0.534. The fourth-order valence-electron chi connectivity index (χ4n) is 2.62. The minimum Gasteiger partial charge on any atom is -0.478 e. The predicted octanol–water partition coefficient (Wildman–Crippen LogP) is 2.93. The molecule has 1 atom stereocenters. The monoisotopic (exact) mass is 290 g/mol. The average molecular weight is 290 g/mol. The molecular formula is C15H18N2O4. The molecule has 1 fully saturated rings. The second-order valence-corrected chi connectivity index (χ2v) is 5.37. The molecule has 21 heavy (non-hydrogen) atoms. The molecule has 0 radical (unpaired) electrons. The van der Waals surface area contributed by atoms with E-state index in [1.165, 1.54) is 18.6 Å². The van der Waals surface area contributed by atoms with E-state index < -0.39 is 10.9 Å². The van der Waals surface area contributed by atoms with E-state index in [2.05, 4.69) is 11.8 Å². The van der Waals surface area contributed by atoms with Crippen molar-refractivity contribution in [2.24, 2.45) is 5.92 Å². The summed E-state index contributed by atoms with van der Waals surface area (Å²) in [4.78, 5) is 23.3. The van der Waals surface area contributed by atoms with Crippen molar-refractivity contribution in [2.75, 3.05) is 18.0 Å². The Morgan fingerprint density at radius 3 is 2.90 bits per heavy atom. The molecule has 0 bridgehead atoms. The Bertz CT molecular complexity index is 583. The minimum absolute atomic E-state index is 0.0821. The van der Waals surface area contributed by atoms with Crippen LogP contribution in [0.3, 0.4) is 0 Å². The van der Waals surface area contributed by atoms with Crippen LogP contribution in [-0.2, 0) is 4.79 Å². The van der Waals surface area contributed by atoms with Gasteiger partial charge in [-0.3, -0.25) is 10.1 Å². The van der Waals surface area contributed by atoms with Crippen molar-refractivity contribution in [1.29, 1.82) is 0 Å². The third kappa shape index (κ3) is 3.81. The van der Waals surface area contributed by atoms with E-state index in [0.29, 0.717) is 11.5 Å².